The molecule has 1 aliphatic carbocycles. The van der Waals surface area contributed by atoms with Crippen molar-refractivity contribution >= 4 is 0 Å². The van der Waals surface area contributed by atoms with E-state index >= 15 is 0 Å². The van der Waals surface area contributed by atoms with Crippen LogP contribution in [-0.4, -0.2) is 23.3 Å². The number of fused-ring (bicyclic) bond motifs is 1. The van der Waals surface area contributed by atoms with Crippen LogP contribution in [0.2, 0.25) is 0 Å². The van der Waals surface area contributed by atoms with E-state index in [2.05, 4.69) is 33.7 Å². The lowest BCUT2D eigenvalue weighted by Crippen LogP contribution is -2.27. The lowest BCUT2D eigenvalue weighted by atomic mass is 9.90. The predicted octanol–water partition coefficient (Wildman–Crippen LogP) is 3.03. The normalized spacial score (nSPS) is 19.2. The number of aromatic amines is 1. The molecular formula is C17H21N3. The van der Waals surface area contributed by atoms with Crippen molar-refractivity contribution in [3.8, 4) is 11.1 Å². The van der Waals surface area contributed by atoms with Crippen LogP contribution in [0, 0.1) is 0 Å². The third kappa shape index (κ3) is 2.06. The molecule has 2 aliphatic rings. The first-order valence-corrected chi connectivity index (χ1v) is 7.78. The van der Waals surface area contributed by atoms with E-state index in [4.69, 9.17) is 0 Å². The Morgan fingerprint density at radius 1 is 1.05 bits per heavy atom. The monoisotopic (exact) mass is 267 g/mol. The second-order valence-corrected chi connectivity index (χ2v) is 6.06. The Bertz CT molecular complexity index is 608. The first kappa shape index (κ1) is 12.2. The van der Waals surface area contributed by atoms with Gasteiger partial charge in [-0.3, -0.25) is 5.10 Å². The number of benzene rings is 1. The SMILES string of the molecule is c1cc2c(cc1-c1cn[nH]c1C1CCNCC1)CCC2. The molecule has 0 atom stereocenters. The zero-order valence-corrected chi connectivity index (χ0v) is 11.8. The van der Waals surface area contributed by atoms with Gasteiger partial charge in [0.25, 0.3) is 0 Å². The summed E-state index contributed by atoms with van der Waals surface area (Å²) in [7, 11) is 0. The molecular weight excluding hydrogens is 246 g/mol. The summed E-state index contributed by atoms with van der Waals surface area (Å²) in [4.78, 5) is 0. The van der Waals surface area contributed by atoms with Crippen LogP contribution in [0.1, 0.15) is 42.0 Å². The molecule has 1 aliphatic heterocycles. The van der Waals surface area contributed by atoms with Gasteiger partial charge in [-0.15, -0.1) is 0 Å². The van der Waals surface area contributed by atoms with E-state index < -0.39 is 0 Å². The average molecular weight is 267 g/mol. The molecule has 1 aromatic carbocycles. The van der Waals surface area contributed by atoms with Crippen molar-refractivity contribution in [3.05, 3.63) is 41.2 Å². The van der Waals surface area contributed by atoms with Crippen LogP contribution in [0.5, 0.6) is 0 Å². The second-order valence-electron chi connectivity index (χ2n) is 6.06. The molecule has 0 unspecified atom stereocenters. The van der Waals surface area contributed by atoms with Crippen LogP contribution in [0.25, 0.3) is 11.1 Å². The van der Waals surface area contributed by atoms with E-state index in [0.29, 0.717) is 5.92 Å². The van der Waals surface area contributed by atoms with E-state index in [-0.39, 0.29) is 0 Å². The zero-order chi connectivity index (χ0) is 13.4. The van der Waals surface area contributed by atoms with E-state index in [1.165, 1.54) is 48.9 Å². The lowest BCUT2D eigenvalue weighted by Gasteiger charge is -2.22. The van der Waals surface area contributed by atoms with Gasteiger partial charge >= 0.3 is 0 Å². The van der Waals surface area contributed by atoms with E-state index in [0.717, 1.165) is 13.1 Å². The Morgan fingerprint density at radius 2 is 1.90 bits per heavy atom. The van der Waals surface area contributed by atoms with Gasteiger partial charge in [0, 0.05) is 17.2 Å². The molecule has 1 fully saturated rings. The van der Waals surface area contributed by atoms with Crippen LogP contribution >= 0.6 is 0 Å². The van der Waals surface area contributed by atoms with Crippen molar-refractivity contribution in [1.29, 1.82) is 0 Å². The molecule has 3 nitrogen and oxygen atoms in total. The van der Waals surface area contributed by atoms with Crippen LogP contribution in [0.4, 0.5) is 0 Å². The molecule has 0 bridgehead atoms. The van der Waals surface area contributed by atoms with Crippen molar-refractivity contribution in [1.82, 2.24) is 15.5 Å². The minimum Gasteiger partial charge on any atom is -0.317 e. The van der Waals surface area contributed by atoms with E-state index in [1.807, 2.05) is 6.20 Å². The standard InChI is InChI=1S/C17H21N3/c1-2-12-4-5-15(10-14(12)3-1)16-11-19-20-17(16)13-6-8-18-9-7-13/h4-5,10-11,13,18H,1-3,6-9H2,(H,19,20). The van der Waals surface area contributed by atoms with Gasteiger partial charge in [-0.2, -0.15) is 5.10 Å². The highest BCUT2D eigenvalue weighted by atomic mass is 15.1. The maximum Gasteiger partial charge on any atom is 0.0568 e. The maximum absolute atomic E-state index is 4.32. The minimum absolute atomic E-state index is 0.627. The molecule has 1 saturated heterocycles. The summed E-state index contributed by atoms with van der Waals surface area (Å²) in [5.41, 5.74) is 7.07. The Balaban J connectivity index is 1.70. The summed E-state index contributed by atoms with van der Waals surface area (Å²) in [6.07, 6.45) is 8.23. The molecule has 1 aromatic heterocycles. The lowest BCUT2D eigenvalue weighted by molar-refractivity contribution is 0.453. The van der Waals surface area contributed by atoms with Crippen molar-refractivity contribution in [2.75, 3.05) is 13.1 Å². The topological polar surface area (TPSA) is 40.7 Å². The highest BCUT2D eigenvalue weighted by Gasteiger charge is 2.21. The first-order valence-electron chi connectivity index (χ1n) is 7.78. The zero-order valence-electron chi connectivity index (χ0n) is 11.8. The molecule has 104 valence electrons. The molecule has 2 heterocycles. The second kappa shape index (κ2) is 5.06. The fourth-order valence-electron chi connectivity index (χ4n) is 3.69. The van der Waals surface area contributed by atoms with Gasteiger partial charge in [-0.25, -0.2) is 0 Å². The molecule has 0 spiro atoms. The predicted molar refractivity (Wildman–Crippen MR) is 80.9 cm³/mol. The van der Waals surface area contributed by atoms with Crippen molar-refractivity contribution < 1.29 is 0 Å². The van der Waals surface area contributed by atoms with Crippen LogP contribution < -0.4 is 5.32 Å². The van der Waals surface area contributed by atoms with Gasteiger partial charge in [-0.1, -0.05) is 18.2 Å². The first-order chi connectivity index (χ1) is 9.92. The van der Waals surface area contributed by atoms with Gasteiger partial charge in [0.05, 0.1) is 6.20 Å². The minimum atomic E-state index is 0.627. The molecule has 4 rings (SSSR count). The van der Waals surface area contributed by atoms with Gasteiger partial charge in [0.1, 0.15) is 0 Å². The summed E-state index contributed by atoms with van der Waals surface area (Å²) in [5, 5.41) is 11.0. The van der Waals surface area contributed by atoms with Gasteiger partial charge in [0.15, 0.2) is 0 Å². The fraction of sp³-hybridized carbons (Fsp3) is 0.471. The van der Waals surface area contributed by atoms with Gasteiger partial charge in [0.2, 0.25) is 0 Å². The number of aryl methyl sites for hydroxylation is 2. The molecule has 20 heavy (non-hydrogen) atoms. The van der Waals surface area contributed by atoms with Crippen LogP contribution in [0.15, 0.2) is 24.4 Å². The Labute approximate surface area is 119 Å². The highest BCUT2D eigenvalue weighted by molar-refractivity contribution is 5.67. The summed E-state index contributed by atoms with van der Waals surface area (Å²) in [6, 6.07) is 6.98. The van der Waals surface area contributed by atoms with E-state index in [1.54, 1.807) is 11.1 Å². The number of nitrogens with one attached hydrogen (secondary N) is 2. The fourth-order valence-corrected chi connectivity index (χ4v) is 3.69. The average Bonchev–Trinajstić information content (AvgIpc) is 3.16. The molecule has 2 aromatic rings. The molecule has 0 saturated carbocycles. The number of hydrogen-bond acceptors (Lipinski definition) is 2. The van der Waals surface area contributed by atoms with Crippen molar-refractivity contribution in [2.45, 2.75) is 38.0 Å². The van der Waals surface area contributed by atoms with Gasteiger partial charge in [-0.05, 0) is 61.9 Å². The number of hydrogen-bond donors (Lipinski definition) is 2. The Hall–Kier alpha value is -1.61. The van der Waals surface area contributed by atoms with E-state index in [9.17, 15) is 0 Å². The number of piperidine rings is 1. The molecule has 0 amide bonds. The highest BCUT2D eigenvalue weighted by Crippen LogP contribution is 2.34. The Morgan fingerprint density at radius 3 is 2.80 bits per heavy atom. The number of nitrogens with zero attached hydrogens (tertiary/aromatic N) is 1. The van der Waals surface area contributed by atoms with Gasteiger partial charge < -0.3 is 5.32 Å². The third-order valence-corrected chi connectivity index (χ3v) is 4.83. The summed E-state index contributed by atoms with van der Waals surface area (Å²) < 4.78 is 0. The maximum atomic E-state index is 4.32. The van der Waals surface area contributed by atoms with Crippen molar-refractivity contribution in [3.63, 3.8) is 0 Å². The number of aromatic nitrogens is 2. The Kier molecular flexibility index (Phi) is 3.07. The molecule has 2 N–H and O–H groups in total. The largest absolute Gasteiger partial charge is 0.317 e. The number of H-pyrrole nitrogens is 1. The summed E-state index contributed by atoms with van der Waals surface area (Å²) >= 11 is 0. The molecule has 3 heteroatoms. The van der Waals surface area contributed by atoms with Crippen LogP contribution in [0.3, 0.4) is 0 Å². The number of rotatable bonds is 2. The third-order valence-electron chi connectivity index (χ3n) is 4.83. The smallest absolute Gasteiger partial charge is 0.0568 e. The molecule has 0 radical (unpaired) electrons. The van der Waals surface area contributed by atoms with Crippen LogP contribution in [-0.2, 0) is 12.8 Å². The quantitative estimate of drug-likeness (QED) is 0.878. The van der Waals surface area contributed by atoms with Crippen molar-refractivity contribution in [2.24, 2.45) is 0 Å². The summed E-state index contributed by atoms with van der Waals surface area (Å²) in [5.74, 6) is 0.627. The summed E-state index contributed by atoms with van der Waals surface area (Å²) in [6.45, 7) is 2.24.